The van der Waals surface area contributed by atoms with Crippen LogP contribution in [0.2, 0.25) is 0 Å². The van der Waals surface area contributed by atoms with Crippen LogP contribution in [0.4, 0.5) is 0 Å². The number of aromatic nitrogens is 2. The summed E-state index contributed by atoms with van der Waals surface area (Å²) in [6, 6.07) is 15.6. The number of hydrogen-bond donors (Lipinski definition) is 2. The van der Waals surface area contributed by atoms with Crippen molar-refractivity contribution < 1.29 is 0 Å². The molecule has 0 saturated carbocycles. The predicted molar refractivity (Wildman–Crippen MR) is 114 cm³/mol. The molecule has 0 amide bonds. The van der Waals surface area contributed by atoms with Crippen molar-refractivity contribution in [3.05, 3.63) is 107 Å². The minimum atomic E-state index is -0.546. The van der Waals surface area contributed by atoms with E-state index < -0.39 is 22.2 Å². The largest absolute Gasteiger partial charge is 0.288 e. The molecule has 0 radical (unpaired) electrons. The van der Waals surface area contributed by atoms with Crippen molar-refractivity contribution in [2.45, 2.75) is 6.42 Å². The molecule has 6 heteroatoms. The number of rotatable bonds is 0. The van der Waals surface area contributed by atoms with Crippen molar-refractivity contribution in [1.82, 2.24) is 9.97 Å². The molecule has 0 saturated heterocycles. The van der Waals surface area contributed by atoms with Gasteiger partial charge >= 0.3 is 0 Å². The second kappa shape index (κ2) is 6.24. The first-order valence-corrected chi connectivity index (χ1v) is 9.09. The molecule has 5 aromatic rings. The molecule has 0 atom stereocenters. The predicted octanol–water partition coefficient (Wildman–Crippen LogP) is 2.37. The first-order valence-electron chi connectivity index (χ1n) is 9.09. The third-order valence-corrected chi connectivity index (χ3v) is 5.25. The van der Waals surface area contributed by atoms with Gasteiger partial charge in [-0.15, -0.1) is 0 Å². The third kappa shape index (κ3) is 2.65. The third-order valence-electron chi connectivity index (χ3n) is 5.25. The van der Waals surface area contributed by atoms with E-state index in [0.717, 1.165) is 6.42 Å². The molecule has 0 fully saturated rings. The Hall–Kier alpha value is -4.06. The second-order valence-corrected chi connectivity index (χ2v) is 6.98. The Morgan fingerprint density at radius 3 is 1.72 bits per heavy atom. The maximum atomic E-state index is 11.3. The van der Waals surface area contributed by atoms with Gasteiger partial charge in [0.05, 0.1) is 21.5 Å². The Kier molecular flexibility index (Phi) is 3.67. The van der Waals surface area contributed by atoms with Crippen LogP contribution in [-0.4, -0.2) is 9.97 Å². The second-order valence-electron chi connectivity index (χ2n) is 6.98. The van der Waals surface area contributed by atoms with Crippen LogP contribution in [-0.2, 0) is 6.42 Å². The Bertz CT molecular complexity index is 1510. The van der Waals surface area contributed by atoms with Gasteiger partial charge in [-0.25, -0.2) is 0 Å². The minimum Gasteiger partial charge on any atom is -0.288 e. The lowest BCUT2D eigenvalue weighted by Crippen LogP contribution is -2.06. The lowest BCUT2D eigenvalue weighted by atomic mass is 9.93. The molecule has 2 heterocycles. The number of nitrogens with one attached hydrogen (secondary N) is 2. The van der Waals surface area contributed by atoms with Gasteiger partial charge in [-0.2, -0.15) is 0 Å². The number of aromatic amines is 2. The monoisotopic (exact) mass is 382 g/mol. The smallest absolute Gasteiger partial charge is 0.258 e. The zero-order valence-corrected chi connectivity index (χ0v) is 15.1. The van der Waals surface area contributed by atoms with Gasteiger partial charge in [0.25, 0.3) is 22.2 Å². The first-order chi connectivity index (χ1) is 14.0. The number of fused-ring (bicyclic) bond motifs is 2. The fourth-order valence-corrected chi connectivity index (χ4v) is 3.90. The van der Waals surface area contributed by atoms with Crippen LogP contribution in [0, 0.1) is 0 Å². The Morgan fingerprint density at radius 2 is 1.17 bits per heavy atom. The molecule has 6 rings (SSSR count). The summed E-state index contributed by atoms with van der Waals surface area (Å²) in [4.78, 5) is 49.4. The lowest BCUT2D eigenvalue weighted by molar-refractivity contribution is 1.26. The molecule has 1 aliphatic carbocycles. The van der Waals surface area contributed by atoms with Crippen LogP contribution < -0.4 is 22.2 Å². The maximum Gasteiger partial charge on any atom is 0.258 e. The fraction of sp³-hybridized carbons (Fsp3) is 0.0435. The summed E-state index contributed by atoms with van der Waals surface area (Å²) < 4.78 is 0. The van der Waals surface area contributed by atoms with E-state index in [-0.39, 0.29) is 21.5 Å². The molecule has 6 nitrogen and oxygen atoms in total. The quantitative estimate of drug-likeness (QED) is 0.429. The summed E-state index contributed by atoms with van der Waals surface area (Å²) in [5.74, 6) is 0. The number of benzene rings is 3. The molecule has 0 unspecified atom stereocenters. The van der Waals surface area contributed by atoms with E-state index in [4.69, 9.17) is 0 Å². The standard InChI is InChI=1S/C13H10.C10H4N2O4/c1-4-10-6-2-8-12-9-3-7-11(5-1)13(10)12;13-7-3-1-4-6(10(16)12-8(4)14)2-5(3)9(15)11-7/h1-8H,9H2;1-2H,(H,11,13,15)(H,12,14,16). The molecule has 29 heavy (non-hydrogen) atoms. The number of H-pyrrole nitrogens is 2. The van der Waals surface area contributed by atoms with Crippen LogP contribution in [0.25, 0.3) is 38.4 Å². The van der Waals surface area contributed by atoms with Gasteiger partial charge in [0.1, 0.15) is 0 Å². The van der Waals surface area contributed by atoms with E-state index >= 15 is 0 Å². The molecule has 1 aliphatic rings. The fourth-order valence-electron chi connectivity index (χ4n) is 3.90. The van der Waals surface area contributed by atoms with Gasteiger partial charge in [-0.05, 0) is 40.5 Å². The van der Waals surface area contributed by atoms with Gasteiger partial charge in [0.2, 0.25) is 0 Å². The van der Waals surface area contributed by atoms with Crippen molar-refractivity contribution in [2.75, 3.05) is 0 Å². The average Bonchev–Trinajstić information content (AvgIpc) is 3.17. The summed E-state index contributed by atoms with van der Waals surface area (Å²) >= 11 is 0. The van der Waals surface area contributed by atoms with Crippen molar-refractivity contribution in [3.63, 3.8) is 0 Å². The first kappa shape index (κ1) is 17.1. The molecule has 0 bridgehead atoms. The molecule has 140 valence electrons. The highest BCUT2D eigenvalue weighted by Crippen LogP contribution is 2.27. The molecular weight excluding hydrogens is 368 g/mol. The Morgan fingerprint density at radius 1 is 0.655 bits per heavy atom. The van der Waals surface area contributed by atoms with Gasteiger partial charge in [-0.3, -0.25) is 29.1 Å². The number of hydrogen-bond acceptors (Lipinski definition) is 4. The van der Waals surface area contributed by atoms with Crippen LogP contribution in [0.15, 0.2) is 73.8 Å². The summed E-state index contributed by atoms with van der Waals surface area (Å²) in [6.45, 7) is 0. The van der Waals surface area contributed by atoms with E-state index in [0.29, 0.717) is 0 Å². The summed E-state index contributed by atoms with van der Waals surface area (Å²) in [7, 11) is 0. The van der Waals surface area contributed by atoms with Crippen LogP contribution in [0.3, 0.4) is 0 Å². The van der Waals surface area contributed by atoms with Gasteiger partial charge in [-0.1, -0.05) is 48.6 Å². The van der Waals surface area contributed by atoms with Crippen molar-refractivity contribution in [3.8, 4) is 0 Å². The summed E-state index contributed by atoms with van der Waals surface area (Å²) in [6.07, 6.45) is 5.53. The lowest BCUT2D eigenvalue weighted by Gasteiger charge is -2.11. The van der Waals surface area contributed by atoms with E-state index in [2.05, 4.69) is 58.5 Å². The molecular formula is C23H14N2O4. The van der Waals surface area contributed by atoms with E-state index in [1.807, 2.05) is 0 Å². The van der Waals surface area contributed by atoms with Crippen molar-refractivity contribution in [2.24, 2.45) is 0 Å². The highest BCUT2D eigenvalue weighted by atomic mass is 16.2. The molecule has 0 aliphatic heterocycles. The highest BCUT2D eigenvalue weighted by molar-refractivity contribution is 5.97. The zero-order chi connectivity index (χ0) is 20.1. The van der Waals surface area contributed by atoms with Crippen molar-refractivity contribution in [1.29, 1.82) is 0 Å². The summed E-state index contributed by atoms with van der Waals surface area (Å²) in [5.41, 5.74) is 0.629. The molecule has 3 aromatic carbocycles. The van der Waals surface area contributed by atoms with Gasteiger partial charge in [0.15, 0.2) is 0 Å². The van der Waals surface area contributed by atoms with Gasteiger partial charge < -0.3 is 0 Å². The Balaban J connectivity index is 0.000000128. The van der Waals surface area contributed by atoms with Crippen LogP contribution in [0.1, 0.15) is 11.1 Å². The molecule has 2 N–H and O–H groups in total. The highest BCUT2D eigenvalue weighted by Gasteiger charge is 2.12. The zero-order valence-electron chi connectivity index (χ0n) is 15.1. The van der Waals surface area contributed by atoms with E-state index in [1.165, 1.54) is 34.0 Å². The normalized spacial score (nSPS) is 12.4. The van der Waals surface area contributed by atoms with Crippen LogP contribution in [0.5, 0.6) is 0 Å². The minimum absolute atomic E-state index is 0.133. The van der Waals surface area contributed by atoms with Crippen LogP contribution >= 0.6 is 0 Å². The average molecular weight is 382 g/mol. The summed E-state index contributed by atoms with van der Waals surface area (Å²) in [5, 5.41) is 3.33. The van der Waals surface area contributed by atoms with E-state index in [1.54, 1.807) is 0 Å². The Labute approximate surface area is 162 Å². The molecule has 2 aromatic heterocycles. The SMILES string of the molecule is C1=Cc2cccc3cccc(c23)C1.O=c1[nH]c(=O)c2cc3c(=O)[nH]c(=O)c3cc12. The van der Waals surface area contributed by atoms with Crippen molar-refractivity contribution >= 4 is 38.4 Å². The van der Waals surface area contributed by atoms with Gasteiger partial charge in [0, 0.05) is 0 Å². The maximum absolute atomic E-state index is 11.3. The topological polar surface area (TPSA) is 99.9 Å². The van der Waals surface area contributed by atoms with E-state index in [9.17, 15) is 19.2 Å². The molecule has 0 spiro atoms. The number of allylic oxidation sites excluding steroid dienone is 1.